The van der Waals surface area contributed by atoms with E-state index in [-0.39, 0.29) is 11.6 Å². The highest BCUT2D eigenvalue weighted by Crippen LogP contribution is 2.31. The molecular formula is C14H19N3O4. The molecule has 0 saturated carbocycles. The van der Waals surface area contributed by atoms with Crippen molar-refractivity contribution in [3.8, 4) is 0 Å². The molecule has 2 rings (SSSR count). The normalized spacial score (nSPS) is 17.2. The van der Waals surface area contributed by atoms with E-state index in [1.165, 1.54) is 24.3 Å². The molecule has 114 valence electrons. The summed E-state index contributed by atoms with van der Waals surface area (Å²) in [5, 5.41) is 16.7. The van der Waals surface area contributed by atoms with Crippen molar-refractivity contribution < 1.29 is 14.5 Å². The van der Waals surface area contributed by atoms with Gasteiger partial charge in [-0.15, -0.1) is 0 Å². The highest BCUT2D eigenvalue weighted by Gasteiger charge is 2.39. The predicted molar refractivity (Wildman–Crippen MR) is 78.1 cm³/mol. The number of nitro groups is 1. The molecule has 1 aromatic carbocycles. The molecule has 0 bridgehead atoms. The molecule has 0 atom stereocenters. The maximum atomic E-state index is 12.5. The Labute approximate surface area is 122 Å². The predicted octanol–water partition coefficient (Wildman–Crippen LogP) is 1.55. The average Bonchev–Trinajstić information content (AvgIpc) is 2.49. The van der Waals surface area contributed by atoms with Gasteiger partial charge in [0.05, 0.1) is 16.9 Å². The van der Waals surface area contributed by atoms with Gasteiger partial charge in [0.15, 0.2) is 0 Å². The number of carbonyl (C=O) groups is 1. The molecule has 1 fully saturated rings. The van der Waals surface area contributed by atoms with Crippen molar-refractivity contribution in [1.82, 2.24) is 5.32 Å². The zero-order valence-electron chi connectivity index (χ0n) is 11.9. The molecule has 7 nitrogen and oxygen atoms in total. The second-order valence-electron chi connectivity index (χ2n) is 5.22. The lowest BCUT2D eigenvalue weighted by atomic mass is 9.78. The van der Waals surface area contributed by atoms with Gasteiger partial charge in [0, 0.05) is 24.9 Å². The van der Waals surface area contributed by atoms with Crippen LogP contribution in [-0.2, 0) is 9.53 Å². The van der Waals surface area contributed by atoms with Crippen LogP contribution in [-0.4, -0.2) is 37.6 Å². The number of nitrogens with one attached hydrogen (secondary N) is 2. The first-order chi connectivity index (χ1) is 10.1. The quantitative estimate of drug-likeness (QED) is 0.634. The van der Waals surface area contributed by atoms with E-state index in [2.05, 4.69) is 10.6 Å². The van der Waals surface area contributed by atoms with Gasteiger partial charge in [0.25, 0.3) is 5.69 Å². The van der Waals surface area contributed by atoms with Gasteiger partial charge in [0.1, 0.15) is 0 Å². The summed E-state index contributed by atoms with van der Waals surface area (Å²) < 4.78 is 5.22. The van der Waals surface area contributed by atoms with Gasteiger partial charge in [-0.25, -0.2) is 0 Å². The molecule has 0 aliphatic carbocycles. The fourth-order valence-corrected chi connectivity index (χ4v) is 2.55. The lowest BCUT2D eigenvalue weighted by Crippen LogP contribution is -2.47. The minimum Gasteiger partial charge on any atom is -0.384 e. The number of benzene rings is 1. The number of non-ortho nitro benzene ring substituents is 1. The summed E-state index contributed by atoms with van der Waals surface area (Å²) in [4.78, 5) is 22.7. The Hall–Kier alpha value is -1.99. The van der Waals surface area contributed by atoms with Crippen LogP contribution < -0.4 is 10.6 Å². The summed E-state index contributed by atoms with van der Waals surface area (Å²) in [6.07, 6.45) is 1.42. The molecule has 0 unspecified atom stereocenters. The first-order valence-electron chi connectivity index (χ1n) is 6.83. The fraction of sp³-hybridized carbons (Fsp3) is 0.500. The topological polar surface area (TPSA) is 93.5 Å². The first-order valence-corrected chi connectivity index (χ1v) is 6.83. The van der Waals surface area contributed by atoms with Crippen molar-refractivity contribution in [2.24, 2.45) is 5.41 Å². The number of nitro benzene ring substituents is 1. The van der Waals surface area contributed by atoms with Gasteiger partial charge in [-0.2, -0.15) is 0 Å². The molecule has 2 N–H and O–H groups in total. The number of ether oxygens (including phenoxy) is 1. The summed E-state index contributed by atoms with van der Waals surface area (Å²) in [5.74, 6) is -0.0975. The molecule has 0 aromatic heterocycles. The van der Waals surface area contributed by atoms with E-state index in [4.69, 9.17) is 4.74 Å². The standard InChI is InChI=1S/C14H19N3O4/c1-21-10-14(6-8-15-9-7-14)13(18)16-11-2-4-12(5-3-11)17(19)20/h2-5,15H,6-10H2,1H3,(H,16,18). The lowest BCUT2D eigenvalue weighted by Gasteiger charge is -2.35. The third-order valence-electron chi connectivity index (χ3n) is 3.80. The summed E-state index contributed by atoms with van der Waals surface area (Å²) in [6.45, 7) is 1.92. The van der Waals surface area contributed by atoms with Crippen LogP contribution in [0.25, 0.3) is 0 Å². The average molecular weight is 293 g/mol. The van der Waals surface area contributed by atoms with Gasteiger partial charge >= 0.3 is 0 Å². The highest BCUT2D eigenvalue weighted by atomic mass is 16.6. The van der Waals surface area contributed by atoms with E-state index >= 15 is 0 Å². The van der Waals surface area contributed by atoms with E-state index < -0.39 is 10.3 Å². The minimum absolute atomic E-state index is 0.00136. The van der Waals surface area contributed by atoms with Crippen LogP contribution in [0.2, 0.25) is 0 Å². The second-order valence-corrected chi connectivity index (χ2v) is 5.22. The number of piperidine rings is 1. The molecular weight excluding hydrogens is 274 g/mol. The molecule has 1 aromatic rings. The zero-order chi connectivity index (χ0) is 15.3. The number of anilines is 1. The molecule has 21 heavy (non-hydrogen) atoms. The van der Waals surface area contributed by atoms with Crippen LogP contribution in [0.5, 0.6) is 0 Å². The van der Waals surface area contributed by atoms with Crippen molar-refractivity contribution >= 4 is 17.3 Å². The van der Waals surface area contributed by atoms with Gasteiger partial charge in [-0.05, 0) is 38.1 Å². The number of amides is 1. The fourth-order valence-electron chi connectivity index (χ4n) is 2.55. The van der Waals surface area contributed by atoms with Crippen molar-refractivity contribution in [3.05, 3.63) is 34.4 Å². The maximum Gasteiger partial charge on any atom is 0.269 e. The van der Waals surface area contributed by atoms with Crippen LogP contribution >= 0.6 is 0 Å². The first kappa shape index (κ1) is 15.4. The number of methoxy groups -OCH3 is 1. The van der Waals surface area contributed by atoms with Gasteiger partial charge < -0.3 is 15.4 Å². The Balaban J connectivity index is 2.09. The smallest absolute Gasteiger partial charge is 0.269 e. The van der Waals surface area contributed by atoms with Crippen LogP contribution in [0.3, 0.4) is 0 Å². The van der Waals surface area contributed by atoms with Crippen molar-refractivity contribution in [1.29, 1.82) is 0 Å². The van der Waals surface area contributed by atoms with Gasteiger partial charge in [-0.3, -0.25) is 14.9 Å². The number of rotatable bonds is 5. The van der Waals surface area contributed by atoms with Crippen molar-refractivity contribution in [2.75, 3.05) is 32.1 Å². The van der Waals surface area contributed by atoms with E-state index in [1.807, 2.05) is 0 Å². The third kappa shape index (κ3) is 3.56. The summed E-state index contributed by atoms with van der Waals surface area (Å²) >= 11 is 0. The van der Waals surface area contributed by atoms with Crippen LogP contribution in [0.4, 0.5) is 11.4 Å². The van der Waals surface area contributed by atoms with E-state index in [9.17, 15) is 14.9 Å². The molecule has 1 aliphatic heterocycles. The van der Waals surface area contributed by atoms with Crippen LogP contribution in [0, 0.1) is 15.5 Å². The zero-order valence-corrected chi connectivity index (χ0v) is 11.9. The Morgan fingerprint density at radius 2 is 2.00 bits per heavy atom. The lowest BCUT2D eigenvalue weighted by molar-refractivity contribution is -0.384. The molecule has 1 amide bonds. The Morgan fingerprint density at radius 3 is 2.52 bits per heavy atom. The second kappa shape index (κ2) is 6.64. The van der Waals surface area contributed by atoms with E-state index in [0.717, 1.165) is 13.1 Å². The van der Waals surface area contributed by atoms with E-state index in [1.54, 1.807) is 7.11 Å². The van der Waals surface area contributed by atoms with Crippen molar-refractivity contribution in [3.63, 3.8) is 0 Å². The Bertz CT molecular complexity index is 504. The third-order valence-corrected chi connectivity index (χ3v) is 3.80. The Kier molecular flexibility index (Phi) is 4.87. The highest BCUT2D eigenvalue weighted by molar-refractivity contribution is 5.95. The number of hydrogen-bond donors (Lipinski definition) is 2. The molecule has 0 radical (unpaired) electrons. The molecule has 1 saturated heterocycles. The number of carbonyl (C=O) groups excluding carboxylic acids is 1. The summed E-state index contributed by atoms with van der Waals surface area (Å²) in [6, 6.07) is 5.83. The van der Waals surface area contributed by atoms with Gasteiger partial charge in [-0.1, -0.05) is 0 Å². The SMILES string of the molecule is COCC1(C(=O)Nc2ccc([N+](=O)[O-])cc2)CCNCC1. The van der Waals surface area contributed by atoms with Crippen molar-refractivity contribution in [2.45, 2.75) is 12.8 Å². The molecule has 0 spiro atoms. The summed E-state index contributed by atoms with van der Waals surface area (Å²) in [7, 11) is 1.59. The number of hydrogen-bond acceptors (Lipinski definition) is 5. The largest absolute Gasteiger partial charge is 0.384 e. The molecule has 1 heterocycles. The van der Waals surface area contributed by atoms with Gasteiger partial charge in [0.2, 0.25) is 5.91 Å². The van der Waals surface area contributed by atoms with Crippen LogP contribution in [0.15, 0.2) is 24.3 Å². The minimum atomic E-state index is -0.540. The molecule has 7 heteroatoms. The monoisotopic (exact) mass is 293 g/mol. The van der Waals surface area contributed by atoms with Crippen LogP contribution in [0.1, 0.15) is 12.8 Å². The summed E-state index contributed by atoms with van der Waals surface area (Å²) in [5.41, 5.74) is 0.0167. The maximum absolute atomic E-state index is 12.5. The number of nitrogens with zero attached hydrogens (tertiary/aromatic N) is 1. The molecule has 1 aliphatic rings. The van der Waals surface area contributed by atoms with E-state index in [0.29, 0.717) is 25.1 Å². The Morgan fingerprint density at radius 1 is 1.38 bits per heavy atom.